The maximum Gasteiger partial charge on any atom is 0.182 e. The summed E-state index contributed by atoms with van der Waals surface area (Å²) in [5, 5.41) is 0.455. The molecule has 92 valence electrons. The second-order valence-electron chi connectivity index (χ2n) is 3.81. The Morgan fingerprint density at radius 1 is 1.17 bits per heavy atom. The van der Waals surface area contributed by atoms with Crippen LogP contribution in [0.4, 0.5) is 10.9 Å². The van der Waals surface area contributed by atoms with E-state index in [0.29, 0.717) is 28.8 Å². The van der Waals surface area contributed by atoms with E-state index in [-0.39, 0.29) is 0 Å². The van der Waals surface area contributed by atoms with Crippen LogP contribution < -0.4 is 11.5 Å². The van der Waals surface area contributed by atoms with Gasteiger partial charge in [0.2, 0.25) is 0 Å². The Kier molecular flexibility index (Phi) is 2.56. The van der Waals surface area contributed by atoms with Crippen LogP contribution in [0, 0.1) is 0 Å². The molecule has 3 aromatic heterocycles. The fourth-order valence-corrected chi connectivity index (χ4v) is 2.36. The summed E-state index contributed by atoms with van der Waals surface area (Å²) in [7, 11) is 0. The van der Waals surface area contributed by atoms with Crippen LogP contribution in [0.5, 0.6) is 0 Å². The predicted molar refractivity (Wildman–Crippen MR) is 70.0 cm³/mol. The van der Waals surface area contributed by atoms with Crippen LogP contribution >= 0.6 is 11.3 Å². The SMILES string of the molecule is Nc1nc2nc(CCc3cnc[nH]3)nc(N)c2s1. The normalized spacial score (nSPS) is 11.1. The Morgan fingerprint density at radius 3 is 2.83 bits per heavy atom. The Balaban J connectivity index is 1.88. The minimum Gasteiger partial charge on any atom is -0.382 e. The quantitative estimate of drug-likeness (QED) is 0.640. The first-order valence-corrected chi connectivity index (χ1v) is 6.19. The zero-order valence-electron chi connectivity index (χ0n) is 9.42. The molecule has 0 aliphatic carbocycles. The van der Waals surface area contributed by atoms with Gasteiger partial charge in [-0.25, -0.2) is 19.9 Å². The molecule has 0 unspecified atom stereocenters. The number of hydrogen-bond acceptors (Lipinski definition) is 7. The fraction of sp³-hybridized carbons (Fsp3) is 0.200. The molecule has 18 heavy (non-hydrogen) atoms. The van der Waals surface area contributed by atoms with Crippen molar-refractivity contribution in [1.29, 1.82) is 0 Å². The summed E-state index contributed by atoms with van der Waals surface area (Å²) in [6.07, 6.45) is 4.89. The number of aromatic nitrogens is 5. The molecule has 7 nitrogen and oxygen atoms in total. The van der Waals surface area contributed by atoms with Crippen molar-refractivity contribution in [3.63, 3.8) is 0 Å². The van der Waals surface area contributed by atoms with Crippen molar-refractivity contribution in [1.82, 2.24) is 24.9 Å². The molecule has 0 radical (unpaired) electrons. The minimum absolute atomic E-state index is 0.439. The molecule has 3 aromatic rings. The van der Waals surface area contributed by atoms with Crippen LogP contribution in [0.2, 0.25) is 0 Å². The maximum absolute atomic E-state index is 5.86. The first-order chi connectivity index (χ1) is 8.72. The number of aromatic amines is 1. The summed E-state index contributed by atoms with van der Waals surface area (Å²) in [6.45, 7) is 0. The van der Waals surface area contributed by atoms with Gasteiger partial charge in [-0.15, -0.1) is 0 Å². The molecule has 0 fully saturated rings. The third-order valence-electron chi connectivity index (χ3n) is 2.52. The molecule has 0 spiro atoms. The van der Waals surface area contributed by atoms with Gasteiger partial charge in [0.15, 0.2) is 10.8 Å². The number of fused-ring (bicyclic) bond motifs is 1. The highest BCUT2D eigenvalue weighted by Crippen LogP contribution is 2.26. The van der Waals surface area contributed by atoms with E-state index >= 15 is 0 Å². The van der Waals surface area contributed by atoms with Crippen molar-refractivity contribution in [2.45, 2.75) is 12.8 Å². The number of anilines is 2. The highest BCUT2D eigenvalue weighted by molar-refractivity contribution is 7.22. The topological polar surface area (TPSA) is 119 Å². The molecule has 3 heterocycles. The summed E-state index contributed by atoms with van der Waals surface area (Å²) in [5.74, 6) is 1.11. The Morgan fingerprint density at radius 2 is 2.06 bits per heavy atom. The van der Waals surface area contributed by atoms with Crippen LogP contribution in [0.25, 0.3) is 10.3 Å². The first kappa shape index (κ1) is 10.9. The molecule has 0 bridgehead atoms. The third kappa shape index (κ3) is 1.97. The number of nitrogen functional groups attached to an aromatic ring is 2. The van der Waals surface area contributed by atoms with E-state index in [1.54, 1.807) is 12.5 Å². The summed E-state index contributed by atoms with van der Waals surface area (Å²) in [4.78, 5) is 19.7. The molecular formula is C10H11N7S. The number of nitrogens with two attached hydrogens (primary N) is 2. The van der Waals surface area contributed by atoms with Gasteiger partial charge in [0.1, 0.15) is 16.3 Å². The number of rotatable bonds is 3. The van der Waals surface area contributed by atoms with Crippen LogP contribution in [0.15, 0.2) is 12.5 Å². The fourth-order valence-electron chi connectivity index (χ4n) is 1.69. The van der Waals surface area contributed by atoms with Crippen molar-refractivity contribution in [2.24, 2.45) is 0 Å². The average molecular weight is 261 g/mol. The maximum atomic E-state index is 5.86. The lowest BCUT2D eigenvalue weighted by Gasteiger charge is -2.00. The lowest BCUT2D eigenvalue weighted by Crippen LogP contribution is -2.02. The van der Waals surface area contributed by atoms with Crippen molar-refractivity contribution in [3.05, 3.63) is 24.0 Å². The molecule has 0 atom stereocenters. The number of H-pyrrole nitrogens is 1. The molecular weight excluding hydrogens is 250 g/mol. The Bertz CT molecular complexity index is 673. The van der Waals surface area contributed by atoms with Crippen LogP contribution in [0.1, 0.15) is 11.5 Å². The van der Waals surface area contributed by atoms with Gasteiger partial charge in [-0.2, -0.15) is 0 Å². The molecule has 5 N–H and O–H groups in total. The molecule has 8 heteroatoms. The van der Waals surface area contributed by atoms with Gasteiger partial charge < -0.3 is 16.5 Å². The number of hydrogen-bond donors (Lipinski definition) is 3. The van der Waals surface area contributed by atoms with Gasteiger partial charge in [0, 0.05) is 18.3 Å². The number of imidazole rings is 1. The van der Waals surface area contributed by atoms with E-state index in [1.807, 2.05) is 0 Å². The van der Waals surface area contributed by atoms with E-state index < -0.39 is 0 Å². The second kappa shape index (κ2) is 4.22. The third-order valence-corrected chi connectivity index (χ3v) is 3.41. The summed E-state index contributed by atoms with van der Waals surface area (Å²) in [5.41, 5.74) is 13.1. The van der Waals surface area contributed by atoms with Crippen molar-refractivity contribution in [2.75, 3.05) is 11.5 Å². The Labute approximate surface area is 106 Å². The standard InChI is InChI=1S/C10H11N7S/c11-8-7-9(17-10(12)18-7)16-6(15-8)2-1-5-3-13-4-14-5/h3-4H,1-2H2,(H,13,14)(H4,11,12,15,16,17). The van der Waals surface area contributed by atoms with Crippen LogP contribution in [-0.2, 0) is 12.8 Å². The van der Waals surface area contributed by atoms with Gasteiger partial charge in [-0.05, 0) is 6.42 Å². The van der Waals surface area contributed by atoms with Gasteiger partial charge >= 0.3 is 0 Å². The molecule has 0 amide bonds. The minimum atomic E-state index is 0.439. The van der Waals surface area contributed by atoms with E-state index in [4.69, 9.17) is 11.5 Å². The predicted octanol–water partition coefficient (Wildman–Crippen LogP) is 0.759. The zero-order valence-corrected chi connectivity index (χ0v) is 10.2. The molecule has 0 aromatic carbocycles. The van der Waals surface area contributed by atoms with Crippen LogP contribution in [0.3, 0.4) is 0 Å². The van der Waals surface area contributed by atoms with Gasteiger partial charge in [0.25, 0.3) is 0 Å². The summed E-state index contributed by atoms with van der Waals surface area (Å²) < 4.78 is 0.748. The largest absolute Gasteiger partial charge is 0.382 e. The summed E-state index contributed by atoms with van der Waals surface area (Å²) in [6, 6.07) is 0. The van der Waals surface area contributed by atoms with Crippen molar-refractivity contribution < 1.29 is 0 Å². The van der Waals surface area contributed by atoms with E-state index in [1.165, 1.54) is 11.3 Å². The van der Waals surface area contributed by atoms with E-state index in [0.717, 1.165) is 16.8 Å². The lowest BCUT2D eigenvalue weighted by atomic mass is 10.2. The Hall–Kier alpha value is -2.22. The van der Waals surface area contributed by atoms with Crippen LogP contribution in [-0.4, -0.2) is 24.9 Å². The molecule has 0 aliphatic heterocycles. The monoisotopic (exact) mass is 261 g/mol. The number of nitrogens with one attached hydrogen (secondary N) is 1. The van der Waals surface area contributed by atoms with Gasteiger partial charge in [-0.1, -0.05) is 11.3 Å². The van der Waals surface area contributed by atoms with Gasteiger partial charge in [-0.3, -0.25) is 0 Å². The highest BCUT2D eigenvalue weighted by Gasteiger charge is 2.10. The summed E-state index contributed by atoms with van der Waals surface area (Å²) >= 11 is 1.30. The molecule has 3 rings (SSSR count). The van der Waals surface area contributed by atoms with E-state index in [9.17, 15) is 0 Å². The van der Waals surface area contributed by atoms with E-state index in [2.05, 4.69) is 24.9 Å². The average Bonchev–Trinajstić information content (AvgIpc) is 2.94. The molecule has 0 saturated heterocycles. The number of nitrogens with zero attached hydrogens (tertiary/aromatic N) is 4. The lowest BCUT2D eigenvalue weighted by molar-refractivity contribution is 0.852. The smallest absolute Gasteiger partial charge is 0.182 e. The van der Waals surface area contributed by atoms with Crippen molar-refractivity contribution >= 4 is 32.6 Å². The van der Waals surface area contributed by atoms with Crippen molar-refractivity contribution in [3.8, 4) is 0 Å². The highest BCUT2D eigenvalue weighted by atomic mass is 32.1. The molecule has 0 aliphatic rings. The first-order valence-electron chi connectivity index (χ1n) is 5.38. The zero-order chi connectivity index (χ0) is 12.5. The molecule has 0 saturated carbocycles. The number of aryl methyl sites for hydroxylation is 2. The van der Waals surface area contributed by atoms with Gasteiger partial charge in [0.05, 0.1) is 6.33 Å². The second-order valence-corrected chi connectivity index (χ2v) is 4.84. The number of thiazole rings is 1.